The highest BCUT2D eigenvalue weighted by atomic mass is 35.5. The second-order valence-electron chi connectivity index (χ2n) is 3.57. The lowest BCUT2D eigenvalue weighted by molar-refractivity contribution is 0.418. The lowest BCUT2D eigenvalue weighted by Crippen LogP contribution is -1.93. The van der Waals surface area contributed by atoms with Crippen molar-refractivity contribution in [2.75, 3.05) is 0 Å². The van der Waals surface area contributed by atoms with Crippen LogP contribution in [0.15, 0.2) is 23.0 Å². The summed E-state index contributed by atoms with van der Waals surface area (Å²) >= 11 is 6.06. The van der Waals surface area contributed by atoms with E-state index in [0.29, 0.717) is 5.82 Å². The van der Waals surface area contributed by atoms with Gasteiger partial charge in [-0.3, -0.25) is 4.98 Å². The van der Waals surface area contributed by atoms with Gasteiger partial charge in [0.1, 0.15) is 0 Å². The van der Waals surface area contributed by atoms with Crippen LogP contribution in [-0.4, -0.2) is 15.1 Å². The van der Waals surface area contributed by atoms with E-state index in [2.05, 4.69) is 15.1 Å². The summed E-state index contributed by atoms with van der Waals surface area (Å²) in [4.78, 5) is 7.73. The Morgan fingerprint density at radius 1 is 1.53 bits per heavy atom. The fraction of sp³-hybridized carbons (Fsp3) is 0.364. The van der Waals surface area contributed by atoms with Gasteiger partial charge in [0.25, 0.3) is 5.89 Å². The molecule has 90 valence electrons. The Bertz CT molecular complexity index is 503. The van der Waals surface area contributed by atoms with Gasteiger partial charge in [-0.05, 0) is 12.5 Å². The standard InChI is InChI=1S/C11H11ClFN3O/c1-2-3-8(12)10-15-11(17-16-10)7-4-5-14-6-9(7)13/h4-6,8H,2-3H2,1H3. The highest BCUT2D eigenvalue weighted by molar-refractivity contribution is 6.20. The van der Waals surface area contributed by atoms with Crippen LogP contribution >= 0.6 is 11.6 Å². The molecule has 2 rings (SSSR count). The molecular formula is C11H11ClFN3O. The number of hydrogen-bond donors (Lipinski definition) is 0. The van der Waals surface area contributed by atoms with Gasteiger partial charge in [0.15, 0.2) is 11.6 Å². The van der Waals surface area contributed by atoms with Crippen molar-refractivity contribution in [2.45, 2.75) is 25.1 Å². The molecule has 2 heterocycles. The van der Waals surface area contributed by atoms with Gasteiger partial charge in [0.2, 0.25) is 0 Å². The Kier molecular flexibility index (Phi) is 3.68. The maximum atomic E-state index is 13.4. The van der Waals surface area contributed by atoms with E-state index in [1.165, 1.54) is 12.3 Å². The maximum absolute atomic E-state index is 13.4. The predicted molar refractivity (Wildman–Crippen MR) is 61.0 cm³/mol. The first-order valence-corrected chi connectivity index (χ1v) is 5.73. The maximum Gasteiger partial charge on any atom is 0.261 e. The topological polar surface area (TPSA) is 51.8 Å². The van der Waals surface area contributed by atoms with Crippen LogP contribution in [0.4, 0.5) is 4.39 Å². The fourth-order valence-corrected chi connectivity index (χ4v) is 1.71. The van der Waals surface area contributed by atoms with Crippen molar-refractivity contribution >= 4 is 11.6 Å². The largest absolute Gasteiger partial charge is 0.334 e. The summed E-state index contributed by atoms with van der Waals surface area (Å²) in [5, 5.41) is 3.44. The number of pyridine rings is 1. The van der Waals surface area contributed by atoms with Crippen LogP contribution in [0, 0.1) is 5.82 Å². The molecule has 6 heteroatoms. The fourth-order valence-electron chi connectivity index (χ4n) is 1.40. The van der Waals surface area contributed by atoms with Gasteiger partial charge in [-0.1, -0.05) is 18.5 Å². The zero-order valence-corrected chi connectivity index (χ0v) is 9.99. The zero-order valence-electron chi connectivity index (χ0n) is 9.23. The Morgan fingerprint density at radius 3 is 3.06 bits per heavy atom. The Morgan fingerprint density at radius 2 is 2.35 bits per heavy atom. The molecule has 2 aromatic heterocycles. The summed E-state index contributed by atoms with van der Waals surface area (Å²) in [5.74, 6) is 0.0192. The minimum Gasteiger partial charge on any atom is -0.334 e. The van der Waals surface area contributed by atoms with Gasteiger partial charge in [-0.15, -0.1) is 11.6 Å². The van der Waals surface area contributed by atoms with Crippen molar-refractivity contribution in [3.8, 4) is 11.5 Å². The molecule has 1 unspecified atom stereocenters. The van der Waals surface area contributed by atoms with Gasteiger partial charge in [0, 0.05) is 6.20 Å². The summed E-state index contributed by atoms with van der Waals surface area (Å²) in [6.45, 7) is 2.01. The summed E-state index contributed by atoms with van der Waals surface area (Å²) in [5.41, 5.74) is 0.235. The number of nitrogens with zero attached hydrogens (tertiary/aromatic N) is 3. The monoisotopic (exact) mass is 255 g/mol. The first-order chi connectivity index (χ1) is 8.22. The number of hydrogen-bond acceptors (Lipinski definition) is 4. The predicted octanol–water partition coefficient (Wildman–Crippen LogP) is 3.35. The first-order valence-electron chi connectivity index (χ1n) is 5.30. The third kappa shape index (κ3) is 2.61. The Labute approximate surface area is 103 Å². The molecule has 2 aromatic rings. The first kappa shape index (κ1) is 12.0. The molecule has 0 aromatic carbocycles. The highest BCUT2D eigenvalue weighted by Crippen LogP contribution is 2.26. The van der Waals surface area contributed by atoms with Crippen LogP contribution in [0.1, 0.15) is 31.0 Å². The Hall–Kier alpha value is -1.49. The molecule has 4 nitrogen and oxygen atoms in total. The lowest BCUT2D eigenvalue weighted by Gasteiger charge is -1.99. The molecule has 0 aliphatic carbocycles. The molecule has 0 radical (unpaired) electrons. The van der Waals surface area contributed by atoms with E-state index in [0.717, 1.165) is 19.0 Å². The second-order valence-corrected chi connectivity index (χ2v) is 4.10. The third-order valence-corrected chi connectivity index (χ3v) is 2.68. The van der Waals surface area contributed by atoms with Gasteiger partial charge < -0.3 is 4.52 Å². The van der Waals surface area contributed by atoms with Crippen molar-refractivity contribution in [1.82, 2.24) is 15.1 Å². The average molecular weight is 256 g/mol. The van der Waals surface area contributed by atoms with Crippen molar-refractivity contribution in [3.63, 3.8) is 0 Å². The van der Waals surface area contributed by atoms with Crippen LogP contribution in [0.25, 0.3) is 11.5 Å². The van der Waals surface area contributed by atoms with Crippen molar-refractivity contribution < 1.29 is 8.91 Å². The third-order valence-electron chi connectivity index (χ3n) is 2.27. The molecule has 0 amide bonds. The van der Waals surface area contributed by atoms with E-state index in [9.17, 15) is 4.39 Å². The summed E-state index contributed by atoms with van der Waals surface area (Å²) in [6.07, 6.45) is 4.23. The van der Waals surface area contributed by atoms with Gasteiger partial charge in [0.05, 0.1) is 17.1 Å². The van der Waals surface area contributed by atoms with Crippen molar-refractivity contribution in [2.24, 2.45) is 0 Å². The molecule has 0 bridgehead atoms. The smallest absolute Gasteiger partial charge is 0.261 e. The van der Waals surface area contributed by atoms with Crippen LogP contribution in [-0.2, 0) is 0 Å². The van der Waals surface area contributed by atoms with E-state index >= 15 is 0 Å². The molecule has 1 atom stereocenters. The highest BCUT2D eigenvalue weighted by Gasteiger charge is 2.17. The quantitative estimate of drug-likeness (QED) is 0.786. The van der Waals surface area contributed by atoms with Crippen molar-refractivity contribution in [1.29, 1.82) is 0 Å². The zero-order chi connectivity index (χ0) is 12.3. The molecule has 0 saturated heterocycles. The second kappa shape index (κ2) is 5.23. The molecule has 0 aliphatic rings. The molecule has 0 saturated carbocycles. The van der Waals surface area contributed by atoms with Crippen molar-refractivity contribution in [3.05, 3.63) is 30.1 Å². The van der Waals surface area contributed by atoms with Gasteiger partial charge >= 0.3 is 0 Å². The minimum atomic E-state index is -0.496. The molecular weight excluding hydrogens is 245 g/mol. The van der Waals surface area contributed by atoms with Crippen LogP contribution in [0.3, 0.4) is 0 Å². The van der Waals surface area contributed by atoms with Crippen LogP contribution in [0.5, 0.6) is 0 Å². The van der Waals surface area contributed by atoms with E-state index in [4.69, 9.17) is 16.1 Å². The van der Waals surface area contributed by atoms with Gasteiger partial charge in [-0.2, -0.15) is 4.98 Å². The average Bonchev–Trinajstić information content (AvgIpc) is 2.79. The van der Waals surface area contributed by atoms with E-state index < -0.39 is 5.82 Å². The van der Waals surface area contributed by atoms with Crippen LogP contribution < -0.4 is 0 Å². The Balaban J connectivity index is 2.27. The number of alkyl halides is 1. The molecule has 17 heavy (non-hydrogen) atoms. The SMILES string of the molecule is CCCC(Cl)c1noc(-c2ccncc2F)n1. The van der Waals surface area contributed by atoms with Crippen LogP contribution in [0.2, 0.25) is 0 Å². The van der Waals surface area contributed by atoms with E-state index in [-0.39, 0.29) is 16.8 Å². The normalized spacial score (nSPS) is 12.6. The van der Waals surface area contributed by atoms with E-state index in [1.807, 2.05) is 6.92 Å². The lowest BCUT2D eigenvalue weighted by atomic mass is 10.2. The summed E-state index contributed by atoms with van der Waals surface area (Å²) < 4.78 is 18.4. The number of halogens is 2. The molecule has 0 N–H and O–H groups in total. The summed E-state index contributed by atoms with van der Waals surface area (Å²) in [7, 11) is 0. The molecule has 0 fully saturated rings. The molecule has 0 aliphatic heterocycles. The minimum absolute atomic E-state index is 0.127. The summed E-state index contributed by atoms with van der Waals surface area (Å²) in [6, 6.07) is 1.48. The number of aromatic nitrogens is 3. The van der Waals surface area contributed by atoms with E-state index in [1.54, 1.807) is 0 Å². The number of rotatable bonds is 4. The molecule has 0 spiro atoms. The van der Waals surface area contributed by atoms with Gasteiger partial charge in [-0.25, -0.2) is 4.39 Å².